The summed E-state index contributed by atoms with van der Waals surface area (Å²) in [7, 11) is 0. The van der Waals surface area contributed by atoms with Crippen LogP contribution in [0.25, 0.3) is 0 Å². The molecule has 29 heavy (non-hydrogen) atoms. The molecule has 2 aliphatic rings. The largest absolute Gasteiger partial charge is 0.481 e. The Bertz CT molecular complexity index is 924. The number of allylic oxidation sites excluding steroid dienone is 2. The van der Waals surface area contributed by atoms with E-state index >= 15 is 0 Å². The third-order valence-electron chi connectivity index (χ3n) is 5.34. The van der Waals surface area contributed by atoms with E-state index in [0.717, 1.165) is 0 Å². The summed E-state index contributed by atoms with van der Waals surface area (Å²) in [5.41, 5.74) is 0.211. The van der Waals surface area contributed by atoms with E-state index in [0.29, 0.717) is 22.6 Å². The van der Waals surface area contributed by atoms with E-state index < -0.39 is 16.6 Å². The van der Waals surface area contributed by atoms with E-state index in [1.165, 1.54) is 12.1 Å². The first kappa shape index (κ1) is 20.8. The van der Waals surface area contributed by atoms with Gasteiger partial charge in [0.05, 0.1) is 10.6 Å². The third kappa shape index (κ3) is 3.59. The molecule has 0 radical (unpaired) electrons. The topological polar surface area (TPSA) is 81.5 Å². The number of carbonyl (C=O) groups excluding carboxylic acids is 1. The minimum Gasteiger partial charge on any atom is -0.481 e. The van der Waals surface area contributed by atoms with Crippen LogP contribution in [0, 0.1) is 20.9 Å². The lowest BCUT2D eigenvalue weighted by atomic mass is 9.67. The van der Waals surface area contributed by atoms with Gasteiger partial charge in [0.2, 0.25) is 0 Å². The van der Waals surface area contributed by atoms with Crippen molar-refractivity contribution >= 4 is 17.2 Å². The standard InChI is InChI=1S/C23H28N2O4/c1-8-19-23(24-17-11-14(25(27)28)9-10-18(17)29-19)12-15(21(2,3)4)20(26)16(13-23)22(5,6)7/h8-13,19,24H,1H2,2-7H3/t19-/m1/s1. The zero-order chi connectivity index (χ0) is 21.8. The first-order valence-corrected chi connectivity index (χ1v) is 9.66. The summed E-state index contributed by atoms with van der Waals surface area (Å²) in [6, 6.07) is 4.46. The van der Waals surface area contributed by atoms with Crippen molar-refractivity contribution in [2.45, 2.75) is 53.2 Å². The van der Waals surface area contributed by atoms with Gasteiger partial charge < -0.3 is 10.1 Å². The first-order chi connectivity index (χ1) is 13.3. The number of rotatable bonds is 2. The normalized spacial score (nSPS) is 20.8. The molecule has 1 spiro atoms. The minimum atomic E-state index is -0.872. The number of carbonyl (C=O) groups is 1. The van der Waals surface area contributed by atoms with Crippen molar-refractivity contribution in [3.63, 3.8) is 0 Å². The number of fused-ring (bicyclic) bond motifs is 1. The number of ketones is 1. The Kier molecular flexibility index (Phi) is 4.72. The molecule has 1 atom stereocenters. The number of nitrogens with zero attached hydrogens (tertiary/aromatic N) is 1. The van der Waals surface area contributed by atoms with Gasteiger partial charge in [-0.15, -0.1) is 0 Å². The van der Waals surface area contributed by atoms with Gasteiger partial charge in [0.1, 0.15) is 17.4 Å². The Balaban J connectivity index is 2.25. The van der Waals surface area contributed by atoms with Gasteiger partial charge in [0.15, 0.2) is 5.78 Å². The van der Waals surface area contributed by atoms with Crippen molar-refractivity contribution < 1.29 is 14.5 Å². The van der Waals surface area contributed by atoms with E-state index in [9.17, 15) is 14.9 Å². The Morgan fingerprint density at radius 3 is 2.14 bits per heavy atom. The summed E-state index contributed by atoms with van der Waals surface area (Å²) < 4.78 is 6.16. The SMILES string of the molecule is C=C[C@H]1Oc2ccc([N+](=O)[O-])cc2NC12C=C(C(C)(C)C)C(=O)C(C(C)(C)C)=C2. The molecule has 154 valence electrons. The van der Waals surface area contributed by atoms with Crippen molar-refractivity contribution in [3.05, 3.63) is 64.3 Å². The summed E-state index contributed by atoms with van der Waals surface area (Å²) in [4.78, 5) is 24.1. The number of nitrogens with one attached hydrogen (secondary N) is 1. The van der Waals surface area contributed by atoms with Gasteiger partial charge in [0.25, 0.3) is 5.69 Å². The van der Waals surface area contributed by atoms with Gasteiger partial charge in [-0.05, 0) is 35.1 Å². The maximum Gasteiger partial charge on any atom is 0.271 e. The lowest BCUT2D eigenvalue weighted by molar-refractivity contribution is -0.384. The number of nitro groups is 1. The maximum absolute atomic E-state index is 13.3. The second-order valence-corrected chi connectivity index (χ2v) is 9.71. The minimum absolute atomic E-state index is 0.0186. The molecule has 1 aromatic carbocycles. The van der Waals surface area contributed by atoms with Crippen molar-refractivity contribution in [1.82, 2.24) is 0 Å². The van der Waals surface area contributed by atoms with Crippen LogP contribution in [-0.4, -0.2) is 22.3 Å². The number of hydrogen-bond acceptors (Lipinski definition) is 5. The van der Waals surface area contributed by atoms with Crippen LogP contribution in [0.1, 0.15) is 41.5 Å². The van der Waals surface area contributed by atoms with E-state index in [1.807, 2.05) is 53.7 Å². The molecule has 0 fully saturated rings. The Morgan fingerprint density at radius 2 is 1.69 bits per heavy atom. The second kappa shape index (κ2) is 6.58. The van der Waals surface area contributed by atoms with Crippen LogP contribution >= 0.6 is 0 Å². The zero-order valence-electron chi connectivity index (χ0n) is 17.8. The van der Waals surface area contributed by atoms with E-state index in [2.05, 4.69) is 11.9 Å². The quantitative estimate of drug-likeness (QED) is 0.421. The number of ether oxygens (including phenoxy) is 1. The molecule has 0 aromatic heterocycles. The predicted octanol–water partition coefficient (Wildman–Crippen LogP) is 5.22. The fraction of sp³-hybridized carbons (Fsp3) is 0.435. The lowest BCUT2D eigenvalue weighted by Gasteiger charge is -2.45. The highest BCUT2D eigenvalue weighted by Crippen LogP contribution is 2.46. The number of anilines is 1. The summed E-state index contributed by atoms with van der Waals surface area (Å²) in [6.45, 7) is 15.9. The molecular weight excluding hydrogens is 368 g/mol. The average molecular weight is 396 g/mol. The van der Waals surface area contributed by atoms with Gasteiger partial charge in [-0.25, -0.2) is 0 Å². The van der Waals surface area contributed by atoms with Gasteiger partial charge in [0, 0.05) is 23.3 Å². The van der Waals surface area contributed by atoms with Crippen LogP contribution in [0.4, 0.5) is 11.4 Å². The van der Waals surface area contributed by atoms with Crippen molar-refractivity contribution in [1.29, 1.82) is 0 Å². The smallest absolute Gasteiger partial charge is 0.271 e. The molecule has 1 aliphatic carbocycles. The summed E-state index contributed by atoms with van der Waals surface area (Å²) >= 11 is 0. The number of Topliss-reactive ketones (excluding diaryl/α,β-unsaturated/α-hetero) is 1. The molecule has 0 saturated carbocycles. The number of hydrogen-bond donors (Lipinski definition) is 1. The van der Waals surface area contributed by atoms with Crippen molar-refractivity contribution in [3.8, 4) is 5.75 Å². The molecule has 0 bridgehead atoms. The molecule has 6 nitrogen and oxygen atoms in total. The molecule has 1 N–H and O–H groups in total. The summed E-state index contributed by atoms with van der Waals surface area (Å²) in [5.74, 6) is 0.532. The fourth-order valence-electron chi connectivity index (χ4n) is 3.76. The second-order valence-electron chi connectivity index (χ2n) is 9.71. The molecule has 1 aromatic rings. The highest BCUT2D eigenvalue weighted by atomic mass is 16.6. The molecule has 1 aliphatic heterocycles. The van der Waals surface area contributed by atoms with Crippen LogP contribution in [0.15, 0.2) is 54.2 Å². The Labute approximate surface area is 171 Å². The van der Waals surface area contributed by atoms with E-state index in [-0.39, 0.29) is 22.3 Å². The highest BCUT2D eigenvalue weighted by Gasteiger charge is 2.47. The molecule has 3 rings (SSSR count). The van der Waals surface area contributed by atoms with E-state index in [4.69, 9.17) is 4.74 Å². The van der Waals surface area contributed by atoms with Crippen molar-refractivity contribution in [2.75, 3.05) is 5.32 Å². The number of nitro benzene ring substituents is 1. The highest BCUT2D eigenvalue weighted by molar-refractivity contribution is 6.11. The summed E-state index contributed by atoms with van der Waals surface area (Å²) in [6.07, 6.45) is 5.01. The molecule has 0 saturated heterocycles. The fourth-order valence-corrected chi connectivity index (χ4v) is 3.76. The van der Waals surface area contributed by atoms with Gasteiger partial charge in [-0.3, -0.25) is 14.9 Å². The van der Waals surface area contributed by atoms with E-state index in [1.54, 1.807) is 12.1 Å². The van der Waals surface area contributed by atoms with Gasteiger partial charge in [-0.2, -0.15) is 0 Å². The Morgan fingerprint density at radius 1 is 1.14 bits per heavy atom. The maximum atomic E-state index is 13.3. The summed E-state index contributed by atoms with van der Waals surface area (Å²) in [5, 5.41) is 14.7. The van der Waals surface area contributed by atoms with Gasteiger partial charge >= 0.3 is 0 Å². The van der Waals surface area contributed by atoms with Crippen molar-refractivity contribution in [2.24, 2.45) is 10.8 Å². The van der Waals surface area contributed by atoms with Crippen LogP contribution < -0.4 is 10.1 Å². The zero-order valence-corrected chi connectivity index (χ0v) is 17.8. The molecule has 0 amide bonds. The molecular formula is C23H28N2O4. The first-order valence-electron chi connectivity index (χ1n) is 9.66. The molecule has 1 heterocycles. The average Bonchev–Trinajstić information content (AvgIpc) is 2.60. The van der Waals surface area contributed by atoms with Crippen LogP contribution in [0.2, 0.25) is 0 Å². The van der Waals surface area contributed by atoms with Crippen LogP contribution in [0.5, 0.6) is 5.75 Å². The predicted molar refractivity (Wildman–Crippen MR) is 114 cm³/mol. The number of non-ortho nitro benzene ring substituents is 1. The van der Waals surface area contributed by atoms with Crippen LogP contribution in [0.3, 0.4) is 0 Å². The Hall–Kier alpha value is -2.89. The van der Waals surface area contributed by atoms with Gasteiger partial charge in [-0.1, -0.05) is 48.1 Å². The third-order valence-corrected chi connectivity index (χ3v) is 5.34. The monoisotopic (exact) mass is 396 g/mol. The lowest BCUT2D eigenvalue weighted by Crippen LogP contribution is -2.54. The molecule has 6 heteroatoms. The van der Waals surface area contributed by atoms with Crippen LogP contribution in [-0.2, 0) is 4.79 Å². The number of benzene rings is 1. The molecule has 0 unspecified atom stereocenters.